The van der Waals surface area contributed by atoms with Crippen molar-refractivity contribution >= 4 is 10.0 Å². The van der Waals surface area contributed by atoms with Crippen molar-refractivity contribution in [2.75, 3.05) is 7.05 Å². The molecule has 1 aliphatic rings. The number of nitrogens with zero attached hydrogens (tertiary/aromatic N) is 2. The first-order valence-corrected chi connectivity index (χ1v) is 10.6. The van der Waals surface area contributed by atoms with Crippen LogP contribution in [0.15, 0.2) is 59.9 Å². The fourth-order valence-corrected chi connectivity index (χ4v) is 5.34. The highest BCUT2D eigenvalue weighted by molar-refractivity contribution is 7.90. The molecule has 2 aromatic heterocycles. The van der Waals surface area contributed by atoms with E-state index in [0.717, 1.165) is 47.2 Å². The smallest absolute Gasteiger partial charge is 0.269 e. The maximum atomic E-state index is 13.5. The summed E-state index contributed by atoms with van der Waals surface area (Å²) in [6.07, 6.45) is 7.72. The molecule has 3 aromatic rings. The van der Waals surface area contributed by atoms with Gasteiger partial charge in [0.15, 0.2) is 0 Å². The van der Waals surface area contributed by atoms with Crippen molar-refractivity contribution in [3.8, 4) is 11.3 Å². The Morgan fingerprint density at radius 3 is 2.70 bits per heavy atom. The second kappa shape index (κ2) is 6.94. The van der Waals surface area contributed by atoms with E-state index in [1.165, 1.54) is 10.2 Å². The van der Waals surface area contributed by atoms with E-state index in [-0.39, 0.29) is 10.9 Å². The summed E-state index contributed by atoms with van der Waals surface area (Å²) < 4.78 is 28.4. The average molecular weight is 382 g/mol. The van der Waals surface area contributed by atoms with Crippen LogP contribution in [-0.2, 0) is 16.4 Å². The number of fused-ring (bicyclic) bond motifs is 1. The van der Waals surface area contributed by atoms with Gasteiger partial charge in [-0.05, 0) is 62.1 Å². The highest BCUT2D eigenvalue weighted by Gasteiger charge is 2.31. The van der Waals surface area contributed by atoms with Gasteiger partial charge < -0.3 is 5.32 Å². The monoisotopic (exact) mass is 381 g/mol. The van der Waals surface area contributed by atoms with Gasteiger partial charge in [0.05, 0.1) is 5.69 Å². The summed E-state index contributed by atoms with van der Waals surface area (Å²) >= 11 is 0. The number of nitrogens with one attached hydrogen (secondary N) is 1. The molecule has 0 fully saturated rings. The summed E-state index contributed by atoms with van der Waals surface area (Å²) in [6, 6.07) is 11.4. The van der Waals surface area contributed by atoms with Gasteiger partial charge in [0.2, 0.25) is 0 Å². The lowest BCUT2D eigenvalue weighted by Crippen LogP contribution is -2.20. The summed E-state index contributed by atoms with van der Waals surface area (Å²) in [5.74, 6) is 0. The van der Waals surface area contributed by atoms with Crippen molar-refractivity contribution in [3.05, 3.63) is 71.7 Å². The predicted octanol–water partition coefficient (Wildman–Crippen LogP) is 3.69. The third-order valence-electron chi connectivity index (χ3n) is 5.35. The minimum Gasteiger partial charge on any atom is -0.313 e. The van der Waals surface area contributed by atoms with Gasteiger partial charge >= 0.3 is 0 Å². The number of hydrogen-bond donors (Lipinski definition) is 1. The normalized spacial score (nSPS) is 16.9. The van der Waals surface area contributed by atoms with Crippen molar-refractivity contribution < 1.29 is 8.42 Å². The van der Waals surface area contributed by atoms with Gasteiger partial charge in [0.1, 0.15) is 4.90 Å². The molecule has 6 heteroatoms. The van der Waals surface area contributed by atoms with Crippen LogP contribution < -0.4 is 5.32 Å². The second-order valence-electron chi connectivity index (χ2n) is 6.95. The Labute approximate surface area is 160 Å². The fourth-order valence-electron chi connectivity index (χ4n) is 3.96. The summed E-state index contributed by atoms with van der Waals surface area (Å²) in [5, 5.41) is 3.34. The minimum atomic E-state index is -3.73. The molecule has 0 saturated heterocycles. The third-order valence-corrected chi connectivity index (χ3v) is 6.99. The van der Waals surface area contributed by atoms with Gasteiger partial charge in [0.25, 0.3) is 10.0 Å². The van der Waals surface area contributed by atoms with Crippen LogP contribution in [0.1, 0.15) is 35.6 Å². The average Bonchev–Trinajstić information content (AvgIpc) is 3.09. The van der Waals surface area contributed by atoms with Crippen molar-refractivity contribution in [2.24, 2.45) is 0 Å². The Morgan fingerprint density at radius 2 is 2.00 bits per heavy atom. The van der Waals surface area contributed by atoms with Crippen LogP contribution >= 0.6 is 0 Å². The Morgan fingerprint density at radius 1 is 1.19 bits per heavy atom. The first kappa shape index (κ1) is 17.9. The molecule has 0 bridgehead atoms. The number of pyridine rings is 1. The van der Waals surface area contributed by atoms with Crippen molar-refractivity contribution in [2.45, 2.75) is 37.1 Å². The van der Waals surface area contributed by atoms with Gasteiger partial charge in [-0.3, -0.25) is 4.98 Å². The molecule has 2 heterocycles. The molecule has 27 heavy (non-hydrogen) atoms. The van der Waals surface area contributed by atoms with Crippen LogP contribution in [-0.4, -0.2) is 24.4 Å². The summed E-state index contributed by atoms with van der Waals surface area (Å²) in [4.78, 5) is 4.21. The molecular formula is C21H23N3O2S. The molecule has 1 N–H and O–H groups in total. The first-order valence-electron chi connectivity index (χ1n) is 9.17. The van der Waals surface area contributed by atoms with Crippen molar-refractivity contribution in [1.82, 2.24) is 14.3 Å². The molecule has 1 aromatic carbocycles. The van der Waals surface area contributed by atoms with Gasteiger partial charge in [-0.2, -0.15) is 0 Å². The van der Waals surface area contributed by atoms with E-state index < -0.39 is 10.0 Å². The van der Waals surface area contributed by atoms with E-state index in [2.05, 4.69) is 10.3 Å². The molecule has 0 amide bonds. The minimum absolute atomic E-state index is 0.168. The highest BCUT2D eigenvalue weighted by Crippen LogP contribution is 2.40. The van der Waals surface area contributed by atoms with Crippen molar-refractivity contribution in [3.63, 3.8) is 0 Å². The lowest BCUT2D eigenvalue weighted by Gasteiger charge is -2.23. The van der Waals surface area contributed by atoms with Gasteiger partial charge in [-0.15, -0.1) is 0 Å². The van der Waals surface area contributed by atoms with E-state index in [4.69, 9.17) is 0 Å². The second-order valence-corrected chi connectivity index (χ2v) is 8.76. The zero-order chi connectivity index (χ0) is 19.0. The fraction of sp³-hybridized carbons (Fsp3) is 0.286. The van der Waals surface area contributed by atoms with Gasteiger partial charge in [0, 0.05) is 30.2 Å². The van der Waals surface area contributed by atoms with Crippen LogP contribution in [0.4, 0.5) is 0 Å². The molecule has 5 nitrogen and oxygen atoms in total. The van der Waals surface area contributed by atoms with E-state index in [9.17, 15) is 8.42 Å². The molecule has 0 spiro atoms. The van der Waals surface area contributed by atoms with Gasteiger partial charge in [-0.25, -0.2) is 12.4 Å². The van der Waals surface area contributed by atoms with E-state index >= 15 is 0 Å². The van der Waals surface area contributed by atoms with E-state index in [0.29, 0.717) is 0 Å². The molecule has 1 unspecified atom stereocenters. The van der Waals surface area contributed by atoms with Crippen molar-refractivity contribution in [1.29, 1.82) is 0 Å². The number of benzene rings is 1. The Bertz CT molecular complexity index is 1070. The van der Waals surface area contributed by atoms with Crippen LogP contribution in [0.2, 0.25) is 0 Å². The molecule has 0 aliphatic heterocycles. The van der Waals surface area contributed by atoms with Gasteiger partial charge in [-0.1, -0.05) is 24.3 Å². The maximum absolute atomic E-state index is 13.5. The molecule has 4 rings (SSSR count). The number of aromatic nitrogens is 2. The number of rotatable bonds is 4. The predicted molar refractivity (Wildman–Crippen MR) is 106 cm³/mol. The largest absolute Gasteiger partial charge is 0.313 e. The topological polar surface area (TPSA) is 64.0 Å². The zero-order valence-corrected chi connectivity index (χ0v) is 16.3. The van der Waals surface area contributed by atoms with Crippen LogP contribution in [0, 0.1) is 6.92 Å². The lowest BCUT2D eigenvalue weighted by atomic mass is 9.88. The van der Waals surface area contributed by atoms with Crippen LogP contribution in [0.5, 0.6) is 0 Å². The SMILES string of the molecule is CNC1CCCc2c1cn(S(=O)(=O)c1cccnc1)c2-c1ccccc1C. The highest BCUT2D eigenvalue weighted by atomic mass is 32.2. The Hall–Kier alpha value is -2.44. The molecule has 1 aliphatic carbocycles. The molecule has 0 radical (unpaired) electrons. The van der Waals surface area contributed by atoms with Crippen LogP contribution in [0.3, 0.4) is 0 Å². The summed E-state index contributed by atoms with van der Waals surface area (Å²) in [6.45, 7) is 2.02. The lowest BCUT2D eigenvalue weighted by molar-refractivity contribution is 0.499. The summed E-state index contributed by atoms with van der Waals surface area (Å²) in [7, 11) is -1.80. The third kappa shape index (κ3) is 2.99. The van der Waals surface area contributed by atoms with E-state index in [1.54, 1.807) is 24.5 Å². The Kier molecular flexibility index (Phi) is 4.61. The Balaban J connectivity index is 2.02. The standard InChI is InChI=1S/C21H23N3O2S/c1-15-7-3-4-9-17(15)21-18-10-5-11-20(22-2)19(18)14-24(21)27(25,26)16-8-6-12-23-13-16/h3-4,6-9,12-14,20,22H,5,10-11H2,1-2H3. The molecular weight excluding hydrogens is 358 g/mol. The van der Waals surface area contributed by atoms with E-state index in [1.807, 2.05) is 38.2 Å². The van der Waals surface area contributed by atoms with Crippen LogP contribution in [0.25, 0.3) is 11.3 Å². The number of hydrogen-bond acceptors (Lipinski definition) is 4. The quantitative estimate of drug-likeness (QED) is 0.749. The number of aryl methyl sites for hydroxylation is 1. The molecule has 1 atom stereocenters. The summed E-state index contributed by atoms with van der Waals surface area (Å²) in [5.41, 5.74) is 5.01. The molecule has 140 valence electrons. The maximum Gasteiger partial charge on any atom is 0.269 e. The molecule has 0 saturated carbocycles. The zero-order valence-electron chi connectivity index (χ0n) is 15.5. The first-order chi connectivity index (χ1) is 13.0.